The van der Waals surface area contributed by atoms with Gasteiger partial charge in [0.25, 0.3) is 5.91 Å². The molecular formula is C24H28N2O2. The van der Waals surface area contributed by atoms with Crippen LogP contribution in [0.3, 0.4) is 0 Å². The van der Waals surface area contributed by atoms with E-state index in [9.17, 15) is 9.59 Å². The van der Waals surface area contributed by atoms with Crippen molar-refractivity contribution in [3.63, 3.8) is 0 Å². The molecule has 2 aromatic rings. The summed E-state index contributed by atoms with van der Waals surface area (Å²) < 4.78 is 0. The van der Waals surface area contributed by atoms with E-state index in [-0.39, 0.29) is 17.9 Å². The molecule has 146 valence electrons. The molecule has 4 rings (SSSR count). The summed E-state index contributed by atoms with van der Waals surface area (Å²) in [4.78, 5) is 28.4. The number of carbonyl (C=O) groups excluding carboxylic acids is 2. The van der Waals surface area contributed by atoms with Gasteiger partial charge in [0.1, 0.15) is 0 Å². The molecule has 2 heterocycles. The van der Waals surface area contributed by atoms with Gasteiger partial charge in [0.05, 0.1) is 0 Å². The minimum atomic E-state index is 0.0822. The molecule has 0 aliphatic carbocycles. The molecule has 0 aromatic heterocycles. The van der Waals surface area contributed by atoms with Crippen molar-refractivity contribution in [1.82, 2.24) is 4.90 Å². The van der Waals surface area contributed by atoms with E-state index in [1.54, 1.807) is 6.92 Å². The van der Waals surface area contributed by atoms with Crippen LogP contribution in [-0.2, 0) is 17.6 Å². The SMILES string of the molecule is CC(=O)N1CCC(Cc2ccc(C(=O)N3c4ccccc4CC3C)cc2)CC1. The molecule has 1 unspecified atom stereocenters. The molecule has 28 heavy (non-hydrogen) atoms. The third kappa shape index (κ3) is 3.68. The number of carbonyl (C=O) groups is 2. The molecular weight excluding hydrogens is 348 g/mol. The van der Waals surface area contributed by atoms with Crippen molar-refractivity contribution in [1.29, 1.82) is 0 Å². The summed E-state index contributed by atoms with van der Waals surface area (Å²) in [6.45, 7) is 5.49. The van der Waals surface area contributed by atoms with Crippen molar-refractivity contribution in [2.75, 3.05) is 18.0 Å². The summed E-state index contributed by atoms with van der Waals surface area (Å²) in [5.74, 6) is 0.875. The van der Waals surface area contributed by atoms with Gasteiger partial charge >= 0.3 is 0 Å². The van der Waals surface area contributed by atoms with E-state index in [0.717, 1.165) is 50.0 Å². The first-order valence-electron chi connectivity index (χ1n) is 10.3. The van der Waals surface area contributed by atoms with Gasteiger partial charge in [0, 0.05) is 37.3 Å². The number of hydrogen-bond donors (Lipinski definition) is 0. The fourth-order valence-corrected chi connectivity index (χ4v) is 4.58. The molecule has 0 saturated carbocycles. The fourth-order valence-electron chi connectivity index (χ4n) is 4.58. The minimum absolute atomic E-state index is 0.0822. The molecule has 4 nitrogen and oxygen atoms in total. The number of anilines is 1. The van der Waals surface area contributed by atoms with E-state index in [4.69, 9.17) is 0 Å². The van der Waals surface area contributed by atoms with Gasteiger partial charge in [-0.3, -0.25) is 9.59 Å². The molecule has 0 bridgehead atoms. The highest BCUT2D eigenvalue weighted by Gasteiger charge is 2.31. The third-order valence-electron chi connectivity index (χ3n) is 6.21. The number of para-hydroxylation sites is 1. The molecule has 0 N–H and O–H groups in total. The van der Waals surface area contributed by atoms with Crippen LogP contribution in [0.15, 0.2) is 48.5 Å². The zero-order chi connectivity index (χ0) is 19.7. The van der Waals surface area contributed by atoms with Crippen molar-refractivity contribution in [2.24, 2.45) is 5.92 Å². The summed E-state index contributed by atoms with van der Waals surface area (Å²) in [7, 11) is 0. The lowest BCUT2D eigenvalue weighted by Gasteiger charge is -2.31. The van der Waals surface area contributed by atoms with E-state index < -0.39 is 0 Å². The Morgan fingerprint density at radius 3 is 2.36 bits per heavy atom. The first-order valence-corrected chi connectivity index (χ1v) is 10.3. The second-order valence-corrected chi connectivity index (χ2v) is 8.21. The topological polar surface area (TPSA) is 40.6 Å². The Morgan fingerprint density at radius 2 is 1.68 bits per heavy atom. The van der Waals surface area contributed by atoms with Crippen LogP contribution < -0.4 is 4.90 Å². The van der Waals surface area contributed by atoms with Crippen LogP contribution in [0.5, 0.6) is 0 Å². The zero-order valence-electron chi connectivity index (χ0n) is 16.7. The lowest BCUT2D eigenvalue weighted by Crippen LogP contribution is -2.37. The molecule has 0 spiro atoms. The Hall–Kier alpha value is -2.62. The molecule has 1 saturated heterocycles. The number of amides is 2. The Bertz CT molecular complexity index is 866. The van der Waals surface area contributed by atoms with E-state index >= 15 is 0 Å². The van der Waals surface area contributed by atoms with Gasteiger partial charge in [-0.25, -0.2) is 0 Å². The van der Waals surface area contributed by atoms with E-state index in [0.29, 0.717) is 5.92 Å². The van der Waals surface area contributed by atoms with Crippen molar-refractivity contribution in [3.8, 4) is 0 Å². The smallest absolute Gasteiger partial charge is 0.258 e. The Kier molecular flexibility index (Phi) is 5.21. The zero-order valence-corrected chi connectivity index (χ0v) is 16.7. The maximum atomic E-state index is 13.1. The third-order valence-corrected chi connectivity index (χ3v) is 6.21. The van der Waals surface area contributed by atoms with Crippen LogP contribution in [0.25, 0.3) is 0 Å². The maximum absolute atomic E-state index is 13.1. The standard InChI is InChI=1S/C24H28N2O2/c1-17-15-22-5-3-4-6-23(22)26(17)24(28)21-9-7-19(8-10-21)16-20-11-13-25(14-12-20)18(2)27/h3-10,17,20H,11-16H2,1-2H3. The fraction of sp³-hybridized carbons (Fsp3) is 0.417. The van der Waals surface area contributed by atoms with Crippen LogP contribution in [-0.4, -0.2) is 35.8 Å². The van der Waals surface area contributed by atoms with E-state index in [1.807, 2.05) is 40.1 Å². The maximum Gasteiger partial charge on any atom is 0.258 e. The van der Waals surface area contributed by atoms with Gasteiger partial charge in [-0.15, -0.1) is 0 Å². The van der Waals surface area contributed by atoms with Crippen LogP contribution in [0, 0.1) is 5.92 Å². The number of nitrogens with zero attached hydrogens (tertiary/aromatic N) is 2. The normalized spacial score (nSPS) is 19.6. The molecule has 2 aromatic carbocycles. The van der Waals surface area contributed by atoms with E-state index in [1.165, 1.54) is 11.1 Å². The second-order valence-electron chi connectivity index (χ2n) is 8.21. The van der Waals surface area contributed by atoms with Crippen LogP contribution in [0.1, 0.15) is 48.2 Å². The lowest BCUT2D eigenvalue weighted by molar-refractivity contribution is -0.130. The average molecular weight is 377 g/mol. The van der Waals surface area contributed by atoms with Crippen LogP contribution >= 0.6 is 0 Å². The molecule has 2 amide bonds. The highest BCUT2D eigenvalue weighted by molar-refractivity contribution is 6.07. The van der Waals surface area contributed by atoms with E-state index in [2.05, 4.69) is 25.1 Å². The minimum Gasteiger partial charge on any atom is -0.343 e. The summed E-state index contributed by atoms with van der Waals surface area (Å²) in [5.41, 5.74) is 4.31. The highest BCUT2D eigenvalue weighted by Crippen LogP contribution is 2.33. The summed E-state index contributed by atoms with van der Waals surface area (Å²) >= 11 is 0. The Labute approximate surface area is 167 Å². The van der Waals surface area contributed by atoms with Gasteiger partial charge < -0.3 is 9.80 Å². The molecule has 1 atom stereocenters. The van der Waals surface area contributed by atoms with Gasteiger partial charge in [0.2, 0.25) is 5.91 Å². The van der Waals surface area contributed by atoms with Gasteiger partial charge in [0.15, 0.2) is 0 Å². The van der Waals surface area contributed by atoms with Gasteiger partial charge in [-0.1, -0.05) is 30.3 Å². The Morgan fingerprint density at radius 1 is 1.00 bits per heavy atom. The number of fused-ring (bicyclic) bond motifs is 1. The van der Waals surface area contributed by atoms with Crippen molar-refractivity contribution in [3.05, 3.63) is 65.2 Å². The Balaban J connectivity index is 1.41. The molecule has 4 heteroatoms. The van der Waals surface area contributed by atoms with Gasteiger partial charge in [-0.2, -0.15) is 0 Å². The summed E-state index contributed by atoms with van der Waals surface area (Å²) in [6.07, 6.45) is 4.05. The lowest BCUT2D eigenvalue weighted by atomic mass is 9.90. The van der Waals surface area contributed by atoms with Crippen molar-refractivity contribution < 1.29 is 9.59 Å². The number of hydrogen-bond acceptors (Lipinski definition) is 2. The number of likely N-dealkylation sites (tertiary alicyclic amines) is 1. The monoisotopic (exact) mass is 376 g/mol. The highest BCUT2D eigenvalue weighted by atomic mass is 16.2. The largest absolute Gasteiger partial charge is 0.343 e. The first-order chi connectivity index (χ1) is 13.5. The predicted octanol–water partition coefficient (Wildman–Crippen LogP) is 4.08. The number of rotatable bonds is 3. The number of benzene rings is 2. The molecule has 0 radical (unpaired) electrons. The molecule has 2 aliphatic rings. The van der Waals surface area contributed by atoms with Crippen LogP contribution in [0.2, 0.25) is 0 Å². The first kappa shape index (κ1) is 18.7. The second kappa shape index (κ2) is 7.78. The van der Waals surface area contributed by atoms with Gasteiger partial charge in [-0.05, 0) is 67.9 Å². The summed E-state index contributed by atoms with van der Waals surface area (Å²) in [5, 5.41) is 0. The predicted molar refractivity (Wildman–Crippen MR) is 112 cm³/mol. The van der Waals surface area contributed by atoms with Crippen LogP contribution in [0.4, 0.5) is 5.69 Å². The quantitative estimate of drug-likeness (QED) is 0.810. The van der Waals surface area contributed by atoms with Crippen molar-refractivity contribution in [2.45, 2.75) is 45.6 Å². The summed E-state index contributed by atoms with van der Waals surface area (Å²) in [6, 6.07) is 16.5. The number of piperidine rings is 1. The average Bonchev–Trinajstić information content (AvgIpc) is 3.04. The molecule has 2 aliphatic heterocycles. The molecule has 1 fully saturated rings. The van der Waals surface area contributed by atoms with Crippen molar-refractivity contribution >= 4 is 17.5 Å².